The Morgan fingerprint density at radius 1 is 1.36 bits per heavy atom. The van der Waals surface area contributed by atoms with E-state index in [1.807, 2.05) is 6.07 Å². The molecule has 77 valence electrons. The van der Waals surface area contributed by atoms with Crippen LogP contribution in [0.4, 0.5) is 0 Å². The average molecular weight is 192 g/mol. The SMILES string of the molecule is [CH2]C(CNCCc1ccccc1)OC. The van der Waals surface area contributed by atoms with Crippen molar-refractivity contribution in [3.05, 3.63) is 42.8 Å². The van der Waals surface area contributed by atoms with Gasteiger partial charge in [0.15, 0.2) is 0 Å². The number of benzene rings is 1. The van der Waals surface area contributed by atoms with Crippen molar-refractivity contribution < 1.29 is 4.74 Å². The fraction of sp³-hybridized carbons (Fsp3) is 0.417. The summed E-state index contributed by atoms with van der Waals surface area (Å²) in [5.41, 5.74) is 1.36. The Morgan fingerprint density at radius 3 is 2.71 bits per heavy atom. The molecule has 0 aliphatic carbocycles. The standard InChI is InChI=1S/C12H18NO/c1-11(14-2)10-13-9-8-12-6-4-3-5-7-12/h3-7,11,13H,1,8-10H2,2H3. The Morgan fingerprint density at radius 2 is 2.07 bits per heavy atom. The molecule has 2 nitrogen and oxygen atoms in total. The molecule has 0 saturated carbocycles. The Labute approximate surface area is 86.3 Å². The van der Waals surface area contributed by atoms with E-state index in [1.54, 1.807) is 7.11 Å². The summed E-state index contributed by atoms with van der Waals surface area (Å²) in [4.78, 5) is 0. The van der Waals surface area contributed by atoms with Crippen LogP contribution < -0.4 is 5.32 Å². The number of hydrogen-bond donors (Lipinski definition) is 1. The van der Waals surface area contributed by atoms with E-state index in [-0.39, 0.29) is 6.10 Å². The quantitative estimate of drug-likeness (QED) is 0.692. The number of methoxy groups -OCH3 is 1. The molecule has 1 aromatic rings. The second-order valence-corrected chi connectivity index (χ2v) is 3.30. The molecular formula is C12H18NO. The first kappa shape index (κ1) is 11.2. The smallest absolute Gasteiger partial charge is 0.0696 e. The Bertz CT molecular complexity index is 235. The first-order valence-corrected chi connectivity index (χ1v) is 4.93. The molecule has 1 atom stereocenters. The van der Waals surface area contributed by atoms with Crippen LogP contribution in [0.5, 0.6) is 0 Å². The molecule has 0 heterocycles. The van der Waals surface area contributed by atoms with E-state index in [0.717, 1.165) is 19.5 Å². The minimum atomic E-state index is 0.0470. The van der Waals surface area contributed by atoms with Crippen molar-refractivity contribution in [2.75, 3.05) is 20.2 Å². The van der Waals surface area contributed by atoms with Crippen LogP contribution in [0.15, 0.2) is 30.3 Å². The van der Waals surface area contributed by atoms with Crippen LogP contribution in [0.2, 0.25) is 0 Å². The largest absolute Gasteiger partial charge is 0.380 e. The summed E-state index contributed by atoms with van der Waals surface area (Å²) in [5, 5.41) is 3.30. The summed E-state index contributed by atoms with van der Waals surface area (Å²) in [7, 11) is 1.68. The third kappa shape index (κ3) is 4.40. The lowest BCUT2D eigenvalue weighted by Gasteiger charge is -2.10. The molecule has 0 bridgehead atoms. The van der Waals surface area contributed by atoms with E-state index in [0.29, 0.717) is 0 Å². The summed E-state index contributed by atoms with van der Waals surface area (Å²) in [6, 6.07) is 10.4. The normalized spacial score (nSPS) is 12.7. The second-order valence-electron chi connectivity index (χ2n) is 3.30. The predicted octanol–water partition coefficient (Wildman–Crippen LogP) is 1.67. The first-order chi connectivity index (χ1) is 6.83. The lowest BCUT2D eigenvalue weighted by atomic mass is 10.1. The van der Waals surface area contributed by atoms with Crippen molar-refractivity contribution in [3.8, 4) is 0 Å². The number of hydrogen-bond acceptors (Lipinski definition) is 2. The van der Waals surface area contributed by atoms with Crippen molar-refractivity contribution in [2.45, 2.75) is 12.5 Å². The van der Waals surface area contributed by atoms with Gasteiger partial charge in [-0.1, -0.05) is 30.3 Å². The summed E-state index contributed by atoms with van der Waals surface area (Å²) in [6.07, 6.45) is 1.10. The number of nitrogens with one attached hydrogen (secondary N) is 1. The van der Waals surface area contributed by atoms with E-state index >= 15 is 0 Å². The van der Waals surface area contributed by atoms with Gasteiger partial charge in [0.1, 0.15) is 0 Å². The Balaban J connectivity index is 2.10. The fourth-order valence-electron chi connectivity index (χ4n) is 1.22. The topological polar surface area (TPSA) is 21.3 Å². The molecule has 0 aliphatic heterocycles. The molecule has 1 unspecified atom stereocenters. The van der Waals surface area contributed by atoms with E-state index < -0.39 is 0 Å². The predicted molar refractivity (Wildman–Crippen MR) is 59.2 cm³/mol. The zero-order valence-corrected chi connectivity index (χ0v) is 8.70. The van der Waals surface area contributed by atoms with Gasteiger partial charge in [0.2, 0.25) is 0 Å². The van der Waals surface area contributed by atoms with E-state index in [1.165, 1.54) is 5.56 Å². The monoisotopic (exact) mass is 192 g/mol. The van der Waals surface area contributed by atoms with Gasteiger partial charge in [-0.2, -0.15) is 0 Å². The van der Waals surface area contributed by atoms with Crippen LogP contribution >= 0.6 is 0 Å². The van der Waals surface area contributed by atoms with Crippen LogP contribution in [0.1, 0.15) is 5.56 Å². The molecule has 1 rings (SSSR count). The fourth-order valence-corrected chi connectivity index (χ4v) is 1.22. The van der Waals surface area contributed by atoms with E-state index in [9.17, 15) is 0 Å². The highest BCUT2D eigenvalue weighted by Crippen LogP contribution is 1.98. The van der Waals surface area contributed by atoms with Gasteiger partial charge in [-0.05, 0) is 25.5 Å². The molecular weight excluding hydrogens is 174 g/mol. The average Bonchev–Trinajstić information content (AvgIpc) is 2.25. The third-order valence-corrected chi connectivity index (χ3v) is 2.14. The van der Waals surface area contributed by atoms with E-state index in [4.69, 9.17) is 4.74 Å². The molecule has 1 radical (unpaired) electrons. The highest BCUT2D eigenvalue weighted by Gasteiger charge is 1.97. The van der Waals surface area contributed by atoms with Gasteiger partial charge in [0.25, 0.3) is 0 Å². The van der Waals surface area contributed by atoms with Crippen molar-refractivity contribution in [2.24, 2.45) is 0 Å². The second kappa shape index (κ2) is 6.57. The van der Waals surface area contributed by atoms with Gasteiger partial charge in [0.05, 0.1) is 6.10 Å². The highest BCUT2D eigenvalue weighted by atomic mass is 16.5. The molecule has 0 amide bonds. The maximum Gasteiger partial charge on any atom is 0.0696 e. The molecule has 0 spiro atoms. The number of ether oxygens (including phenoxy) is 1. The van der Waals surface area contributed by atoms with Crippen LogP contribution in [0.3, 0.4) is 0 Å². The molecule has 2 heteroatoms. The maximum absolute atomic E-state index is 5.03. The minimum absolute atomic E-state index is 0.0470. The summed E-state index contributed by atoms with van der Waals surface area (Å²) in [5.74, 6) is 0. The van der Waals surface area contributed by atoms with Crippen molar-refractivity contribution in [1.82, 2.24) is 5.32 Å². The number of rotatable bonds is 6. The van der Waals surface area contributed by atoms with E-state index in [2.05, 4.69) is 36.5 Å². The van der Waals surface area contributed by atoms with Crippen LogP contribution in [0, 0.1) is 6.92 Å². The van der Waals surface area contributed by atoms with Gasteiger partial charge in [0, 0.05) is 13.7 Å². The molecule has 0 fully saturated rings. The molecule has 1 aromatic carbocycles. The van der Waals surface area contributed by atoms with Crippen molar-refractivity contribution in [3.63, 3.8) is 0 Å². The minimum Gasteiger partial charge on any atom is -0.380 e. The third-order valence-electron chi connectivity index (χ3n) is 2.14. The lowest BCUT2D eigenvalue weighted by Crippen LogP contribution is -2.27. The summed E-state index contributed by atoms with van der Waals surface area (Å²) < 4.78 is 5.03. The van der Waals surface area contributed by atoms with Gasteiger partial charge in [-0.15, -0.1) is 0 Å². The van der Waals surface area contributed by atoms with Gasteiger partial charge in [-0.3, -0.25) is 0 Å². The molecule has 0 aromatic heterocycles. The molecule has 0 saturated heterocycles. The first-order valence-electron chi connectivity index (χ1n) is 4.93. The molecule has 1 N–H and O–H groups in total. The molecule has 14 heavy (non-hydrogen) atoms. The maximum atomic E-state index is 5.03. The Kier molecular flexibility index (Phi) is 5.27. The zero-order chi connectivity index (χ0) is 10.2. The van der Waals surface area contributed by atoms with Crippen molar-refractivity contribution in [1.29, 1.82) is 0 Å². The summed E-state index contributed by atoms with van der Waals surface area (Å²) >= 11 is 0. The lowest BCUT2D eigenvalue weighted by molar-refractivity contribution is 0.137. The molecule has 0 aliphatic rings. The zero-order valence-electron chi connectivity index (χ0n) is 8.70. The highest BCUT2D eigenvalue weighted by molar-refractivity contribution is 5.14. The van der Waals surface area contributed by atoms with Gasteiger partial charge in [-0.25, -0.2) is 0 Å². The van der Waals surface area contributed by atoms with Gasteiger partial charge >= 0.3 is 0 Å². The van der Waals surface area contributed by atoms with Gasteiger partial charge < -0.3 is 10.1 Å². The van der Waals surface area contributed by atoms with Crippen molar-refractivity contribution >= 4 is 0 Å². The van der Waals surface area contributed by atoms with Crippen LogP contribution in [0.25, 0.3) is 0 Å². The Hall–Kier alpha value is -0.860. The van der Waals surface area contributed by atoms with Crippen LogP contribution in [-0.2, 0) is 11.2 Å². The van der Waals surface area contributed by atoms with Crippen LogP contribution in [-0.4, -0.2) is 26.3 Å². The summed E-state index contributed by atoms with van der Waals surface area (Å²) in [6.45, 7) is 5.60.